The van der Waals surface area contributed by atoms with Crippen molar-refractivity contribution in [2.45, 2.75) is 44.1 Å². The lowest BCUT2D eigenvalue weighted by atomic mass is 9.74. The van der Waals surface area contributed by atoms with Crippen molar-refractivity contribution >= 4 is 12.2 Å². The third kappa shape index (κ3) is 1.58. The molecule has 2 aliphatic rings. The molecule has 1 amide bonds. The molecular weight excluding hydrogens is 202 g/mol. The molecule has 0 spiro atoms. The van der Waals surface area contributed by atoms with Crippen LogP contribution in [0.5, 0.6) is 0 Å². The molecule has 0 radical (unpaired) electrons. The Labute approximate surface area is 96.5 Å². The van der Waals surface area contributed by atoms with Gasteiger partial charge in [-0.2, -0.15) is 0 Å². The average molecular weight is 221 g/mol. The lowest BCUT2D eigenvalue weighted by molar-refractivity contribution is -0.137. The molecular formula is C13H19NO2. The molecule has 0 aliphatic carbocycles. The molecule has 0 aromatic heterocycles. The molecule has 0 bridgehead atoms. The second-order valence-electron chi connectivity index (χ2n) is 4.86. The molecule has 3 heteroatoms. The molecule has 2 saturated heterocycles. The van der Waals surface area contributed by atoms with Gasteiger partial charge in [0.2, 0.25) is 5.91 Å². The van der Waals surface area contributed by atoms with E-state index >= 15 is 0 Å². The van der Waals surface area contributed by atoms with Crippen LogP contribution in [-0.2, 0) is 9.59 Å². The van der Waals surface area contributed by atoms with Gasteiger partial charge in [-0.05, 0) is 32.1 Å². The van der Waals surface area contributed by atoms with Crippen molar-refractivity contribution in [3.05, 3.63) is 12.7 Å². The molecule has 2 aliphatic heterocycles. The van der Waals surface area contributed by atoms with Crippen molar-refractivity contribution in [1.29, 1.82) is 0 Å². The highest BCUT2D eigenvalue weighted by Crippen LogP contribution is 2.44. The smallest absolute Gasteiger partial charge is 0.223 e. The molecule has 88 valence electrons. The number of piperidine rings is 1. The first-order valence-electron chi connectivity index (χ1n) is 6.11. The van der Waals surface area contributed by atoms with E-state index in [1.807, 2.05) is 11.0 Å². The predicted molar refractivity (Wildman–Crippen MR) is 61.9 cm³/mol. The molecule has 2 rings (SSSR count). The summed E-state index contributed by atoms with van der Waals surface area (Å²) in [6.45, 7) is 4.57. The minimum Gasteiger partial charge on any atom is -0.336 e. The second-order valence-corrected chi connectivity index (χ2v) is 4.86. The van der Waals surface area contributed by atoms with Gasteiger partial charge in [-0.1, -0.05) is 6.08 Å². The summed E-state index contributed by atoms with van der Waals surface area (Å²) in [4.78, 5) is 25.0. The summed E-state index contributed by atoms with van der Waals surface area (Å²) >= 11 is 0. The van der Waals surface area contributed by atoms with E-state index in [0.29, 0.717) is 6.42 Å². The van der Waals surface area contributed by atoms with Crippen LogP contribution in [-0.4, -0.2) is 29.2 Å². The zero-order valence-electron chi connectivity index (χ0n) is 9.65. The maximum absolute atomic E-state index is 11.8. The summed E-state index contributed by atoms with van der Waals surface area (Å²) in [5.41, 5.74) is -0.175. The largest absolute Gasteiger partial charge is 0.336 e. The van der Waals surface area contributed by atoms with Gasteiger partial charge >= 0.3 is 0 Å². The van der Waals surface area contributed by atoms with Gasteiger partial charge in [-0.25, -0.2) is 0 Å². The van der Waals surface area contributed by atoms with Crippen LogP contribution in [0.3, 0.4) is 0 Å². The molecule has 0 aromatic rings. The number of nitrogens with zero attached hydrogens (tertiary/aromatic N) is 1. The van der Waals surface area contributed by atoms with E-state index in [1.165, 1.54) is 0 Å². The Hall–Kier alpha value is -1.12. The zero-order chi connectivity index (χ0) is 11.6. The fraction of sp³-hybridized carbons (Fsp3) is 0.692. The van der Waals surface area contributed by atoms with Crippen molar-refractivity contribution in [3.63, 3.8) is 0 Å². The summed E-state index contributed by atoms with van der Waals surface area (Å²) in [5, 5.41) is 0. The monoisotopic (exact) mass is 221 g/mol. The van der Waals surface area contributed by atoms with Gasteiger partial charge in [0.05, 0.1) is 5.54 Å². The summed E-state index contributed by atoms with van der Waals surface area (Å²) < 4.78 is 0. The van der Waals surface area contributed by atoms with Crippen molar-refractivity contribution in [2.24, 2.45) is 5.92 Å². The highest BCUT2D eigenvalue weighted by atomic mass is 16.2. The van der Waals surface area contributed by atoms with Gasteiger partial charge < -0.3 is 9.69 Å². The van der Waals surface area contributed by atoms with Gasteiger partial charge in [-0.15, -0.1) is 6.58 Å². The Morgan fingerprint density at radius 3 is 3.06 bits per heavy atom. The SMILES string of the molecule is C=CCC[C@@]12CCC(=O)N1CCC[C@H]2C=O. The Morgan fingerprint density at radius 1 is 1.56 bits per heavy atom. The molecule has 2 atom stereocenters. The number of rotatable bonds is 4. The fourth-order valence-corrected chi connectivity index (χ4v) is 3.30. The molecule has 2 fully saturated rings. The van der Waals surface area contributed by atoms with Crippen molar-refractivity contribution in [2.75, 3.05) is 6.54 Å². The number of carbonyl (C=O) groups excluding carboxylic acids is 2. The number of allylic oxidation sites excluding steroid dienone is 1. The van der Waals surface area contributed by atoms with Crippen LogP contribution < -0.4 is 0 Å². The van der Waals surface area contributed by atoms with Crippen LogP contribution >= 0.6 is 0 Å². The van der Waals surface area contributed by atoms with Crippen molar-refractivity contribution in [3.8, 4) is 0 Å². The van der Waals surface area contributed by atoms with E-state index in [-0.39, 0.29) is 17.4 Å². The molecule has 3 nitrogen and oxygen atoms in total. The van der Waals surface area contributed by atoms with E-state index < -0.39 is 0 Å². The van der Waals surface area contributed by atoms with Gasteiger partial charge in [0.15, 0.2) is 0 Å². The van der Waals surface area contributed by atoms with Crippen LogP contribution in [0.4, 0.5) is 0 Å². The molecule has 0 saturated carbocycles. The van der Waals surface area contributed by atoms with Crippen LogP contribution in [0.1, 0.15) is 38.5 Å². The number of fused-ring (bicyclic) bond motifs is 1. The predicted octanol–water partition coefficient (Wildman–Crippen LogP) is 1.92. The highest BCUT2D eigenvalue weighted by Gasteiger charge is 2.51. The molecule has 16 heavy (non-hydrogen) atoms. The van der Waals surface area contributed by atoms with Gasteiger partial charge in [0, 0.05) is 18.9 Å². The maximum atomic E-state index is 11.8. The maximum Gasteiger partial charge on any atom is 0.223 e. The molecule has 0 N–H and O–H groups in total. The molecule has 0 aromatic carbocycles. The van der Waals surface area contributed by atoms with Crippen molar-refractivity contribution < 1.29 is 9.59 Å². The third-order valence-corrected chi connectivity index (χ3v) is 4.14. The van der Waals surface area contributed by atoms with Crippen LogP contribution in [0.2, 0.25) is 0 Å². The third-order valence-electron chi connectivity index (χ3n) is 4.14. The average Bonchev–Trinajstić information content (AvgIpc) is 2.65. The Kier molecular flexibility index (Phi) is 3.13. The van der Waals surface area contributed by atoms with Gasteiger partial charge in [0.1, 0.15) is 6.29 Å². The Morgan fingerprint density at radius 2 is 2.38 bits per heavy atom. The Balaban J connectivity index is 2.26. The number of carbonyl (C=O) groups is 2. The quantitative estimate of drug-likeness (QED) is 0.537. The summed E-state index contributed by atoms with van der Waals surface area (Å²) in [6, 6.07) is 0. The Bertz CT molecular complexity index is 313. The first-order valence-corrected chi connectivity index (χ1v) is 6.11. The second kappa shape index (κ2) is 4.40. The summed E-state index contributed by atoms with van der Waals surface area (Å²) in [6.07, 6.45) is 8.08. The van der Waals surface area contributed by atoms with Crippen LogP contribution in [0, 0.1) is 5.92 Å². The highest BCUT2D eigenvalue weighted by molar-refractivity contribution is 5.81. The topological polar surface area (TPSA) is 37.4 Å². The van der Waals surface area contributed by atoms with Gasteiger partial charge in [0.25, 0.3) is 0 Å². The minimum absolute atomic E-state index is 0.0349. The van der Waals surface area contributed by atoms with E-state index in [0.717, 1.165) is 44.9 Å². The standard InChI is InChI=1S/C13H19NO2/c1-2-3-7-13-8-6-12(16)14(13)9-4-5-11(13)10-15/h2,10-11H,1,3-9H2/t11-,13-/m0/s1. The lowest BCUT2D eigenvalue weighted by Crippen LogP contribution is -2.55. The zero-order valence-corrected chi connectivity index (χ0v) is 9.65. The minimum atomic E-state index is -0.175. The van der Waals surface area contributed by atoms with Crippen molar-refractivity contribution in [1.82, 2.24) is 4.90 Å². The van der Waals surface area contributed by atoms with E-state index in [9.17, 15) is 9.59 Å². The van der Waals surface area contributed by atoms with E-state index in [1.54, 1.807) is 0 Å². The summed E-state index contributed by atoms with van der Waals surface area (Å²) in [5.74, 6) is 0.267. The number of hydrogen-bond acceptors (Lipinski definition) is 2. The number of aldehydes is 1. The molecule has 2 heterocycles. The normalized spacial score (nSPS) is 33.6. The lowest BCUT2D eigenvalue weighted by Gasteiger charge is -2.46. The summed E-state index contributed by atoms with van der Waals surface area (Å²) in [7, 11) is 0. The first-order chi connectivity index (χ1) is 7.74. The number of hydrogen-bond donors (Lipinski definition) is 0. The first kappa shape index (κ1) is 11.4. The molecule has 0 unspecified atom stereocenters. The fourth-order valence-electron chi connectivity index (χ4n) is 3.30. The van der Waals surface area contributed by atoms with E-state index in [2.05, 4.69) is 6.58 Å². The van der Waals surface area contributed by atoms with Crippen LogP contribution in [0.15, 0.2) is 12.7 Å². The van der Waals surface area contributed by atoms with E-state index in [4.69, 9.17) is 0 Å². The van der Waals surface area contributed by atoms with Gasteiger partial charge in [-0.3, -0.25) is 4.79 Å². The van der Waals surface area contributed by atoms with Crippen LogP contribution in [0.25, 0.3) is 0 Å². The number of amides is 1.